The Balaban J connectivity index is 1.40. The molecule has 1 fully saturated rings. The summed E-state index contributed by atoms with van der Waals surface area (Å²) in [5.74, 6) is 0.660. The van der Waals surface area contributed by atoms with Crippen molar-refractivity contribution in [3.05, 3.63) is 105 Å². The summed E-state index contributed by atoms with van der Waals surface area (Å²) in [5, 5.41) is 6.06. The highest BCUT2D eigenvalue weighted by atomic mass is 35.5. The Labute approximate surface area is 260 Å². The zero-order valence-corrected chi connectivity index (χ0v) is 25.7. The van der Waals surface area contributed by atoms with E-state index >= 15 is 0 Å². The summed E-state index contributed by atoms with van der Waals surface area (Å²) in [7, 11) is 0. The van der Waals surface area contributed by atoms with Gasteiger partial charge in [-0.25, -0.2) is 4.68 Å². The molecule has 1 aliphatic heterocycles. The summed E-state index contributed by atoms with van der Waals surface area (Å²) >= 11 is 19.2. The van der Waals surface area contributed by atoms with Crippen LogP contribution < -0.4 is 4.74 Å². The Morgan fingerprint density at radius 3 is 2.51 bits per heavy atom. The third-order valence-electron chi connectivity index (χ3n) is 6.70. The molecular formula is C32H29Cl2N3O2S2. The number of carbonyl (C=O) groups is 1. The molecule has 9 heteroatoms. The molecule has 0 N–H and O–H groups in total. The van der Waals surface area contributed by atoms with Crippen LogP contribution in [0.3, 0.4) is 0 Å². The minimum atomic E-state index is -0.0421. The van der Waals surface area contributed by atoms with Crippen LogP contribution in [-0.4, -0.2) is 31.5 Å². The van der Waals surface area contributed by atoms with Gasteiger partial charge in [0.05, 0.1) is 16.3 Å². The van der Waals surface area contributed by atoms with E-state index in [0.717, 1.165) is 53.8 Å². The Morgan fingerprint density at radius 1 is 1.00 bits per heavy atom. The molecule has 210 valence electrons. The quantitative estimate of drug-likeness (QED) is 0.0948. The average Bonchev–Trinajstić information content (AvgIpc) is 3.51. The van der Waals surface area contributed by atoms with E-state index in [9.17, 15) is 4.79 Å². The van der Waals surface area contributed by atoms with Crippen molar-refractivity contribution >= 4 is 63.5 Å². The molecule has 1 amide bonds. The fraction of sp³-hybridized carbons (Fsp3) is 0.219. The molecule has 1 aliphatic rings. The van der Waals surface area contributed by atoms with Gasteiger partial charge in [-0.2, -0.15) is 5.10 Å². The predicted molar refractivity (Wildman–Crippen MR) is 174 cm³/mol. The number of aromatic nitrogens is 2. The Hall–Kier alpha value is -3.10. The maximum atomic E-state index is 13.3. The number of halogens is 2. The number of rotatable bonds is 11. The van der Waals surface area contributed by atoms with E-state index in [1.54, 1.807) is 17.0 Å². The summed E-state index contributed by atoms with van der Waals surface area (Å²) in [5.41, 5.74) is 4.28. The zero-order valence-electron chi connectivity index (χ0n) is 22.6. The Bertz CT molecular complexity index is 1570. The highest BCUT2D eigenvalue weighted by molar-refractivity contribution is 8.26. The van der Waals surface area contributed by atoms with Crippen LogP contribution in [0, 0.1) is 0 Å². The number of amides is 1. The zero-order chi connectivity index (χ0) is 28.8. The number of hydrogen-bond acceptors (Lipinski definition) is 5. The lowest BCUT2D eigenvalue weighted by atomic mass is 10.1. The summed E-state index contributed by atoms with van der Waals surface area (Å²) in [6.07, 6.45) is 8.20. The molecular weight excluding hydrogens is 593 g/mol. The Kier molecular flexibility index (Phi) is 9.83. The van der Waals surface area contributed by atoms with E-state index in [-0.39, 0.29) is 5.91 Å². The van der Waals surface area contributed by atoms with Gasteiger partial charge in [-0.1, -0.05) is 97.6 Å². The second-order valence-corrected chi connectivity index (χ2v) is 12.2. The molecule has 0 atom stereocenters. The van der Waals surface area contributed by atoms with Gasteiger partial charge in [0.25, 0.3) is 5.91 Å². The maximum absolute atomic E-state index is 13.3. The van der Waals surface area contributed by atoms with Crippen LogP contribution in [0.4, 0.5) is 0 Å². The third kappa shape index (κ3) is 7.22. The molecule has 1 saturated heterocycles. The molecule has 0 bridgehead atoms. The second-order valence-electron chi connectivity index (χ2n) is 9.66. The van der Waals surface area contributed by atoms with Crippen LogP contribution in [0.15, 0.2) is 83.9 Å². The Morgan fingerprint density at radius 2 is 1.78 bits per heavy atom. The van der Waals surface area contributed by atoms with Gasteiger partial charge in [0, 0.05) is 39.5 Å². The minimum absolute atomic E-state index is 0.0421. The average molecular weight is 623 g/mol. The first-order chi connectivity index (χ1) is 19.9. The van der Waals surface area contributed by atoms with Crippen LogP contribution in [0.5, 0.6) is 5.75 Å². The van der Waals surface area contributed by atoms with E-state index in [2.05, 4.69) is 6.92 Å². The molecule has 0 aliphatic carbocycles. The van der Waals surface area contributed by atoms with Gasteiger partial charge in [-0.15, -0.1) is 0 Å². The van der Waals surface area contributed by atoms with Crippen molar-refractivity contribution in [1.82, 2.24) is 14.7 Å². The molecule has 0 saturated carbocycles. The number of thioether (sulfide) groups is 1. The van der Waals surface area contributed by atoms with Crippen molar-refractivity contribution in [3.63, 3.8) is 0 Å². The van der Waals surface area contributed by atoms with Crippen molar-refractivity contribution in [1.29, 1.82) is 0 Å². The van der Waals surface area contributed by atoms with Crippen molar-refractivity contribution in [3.8, 4) is 22.7 Å². The maximum Gasteiger partial charge on any atom is 0.266 e. The smallest absolute Gasteiger partial charge is 0.266 e. The SMILES string of the molecule is CCCCCCN1C(=O)/C(=C/c2cn(-c3ccccc3)nc2-c2ccc(OCc3ccc(Cl)cc3Cl)cc2)SC1=S. The van der Waals surface area contributed by atoms with Gasteiger partial charge in [0.1, 0.15) is 16.7 Å². The van der Waals surface area contributed by atoms with Gasteiger partial charge in [0.15, 0.2) is 0 Å². The summed E-state index contributed by atoms with van der Waals surface area (Å²) < 4.78 is 8.41. The first-order valence-electron chi connectivity index (χ1n) is 13.5. The lowest BCUT2D eigenvalue weighted by Gasteiger charge is -2.13. The molecule has 0 spiro atoms. The lowest BCUT2D eigenvalue weighted by Crippen LogP contribution is -2.29. The van der Waals surface area contributed by atoms with E-state index < -0.39 is 0 Å². The molecule has 4 aromatic rings. The normalized spacial score (nSPS) is 14.3. The second kappa shape index (κ2) is 13.7. The van der Waals surface area contributed by atoms with Gasteiger partial charge in [0.2, 0.25) is 0 Å². The fourth-order valence-electron chi connectivity index (χ4n) is 4.47. The van der Waals surface area contributed by atoms with E-state index in [4.69, 9.17) is 45.3 Å². The highest BCUT2D eigenvalue weighted by Crippen LogP contribution is 2.35. The largest absolute Gasteiger partial charge is 0.489 e. The number of benzene rings is 3. The fourth-order valence-corrected chi connectivity index (χ4v) is 6.23. The predicted octanol–water partition coefficient (Wildman–Crippen LogP) is 9.21. The topological polar surface area (TPSA) is 47.4 Å². The van der Waals surface area contributed by atoms with Gasteiger partial charge in [-0.05, 0) is 61.0 Å². The van der Waals surface area contributed by atoms with Gasteiger partial charge >= 0.3 is 0 Å². The van der Waals surface area contributed by atoms with Crippen LogP contribution in [-0.2, 0) is 11.4 Å². The molecule has 5 rings (SSSR count). The van der Waals surface area contributed by atoms with Gasteiger partial charge < -0.3 is 4.74 Å². The summed E-state index contributed by atoms with van der Waals surface area (Å²) in [4.78, 5) is 15.6. The molecule has 0 radical (unpaired) electrons. The molecule has 41 heavy (non-hydrogen) atoms. The minimum Gasteiger partial charge on any atom is -0.489 e. The van der Waals surface area contributed by atoms with E-state index in [0.29, 0.717) is 38.2 Å². The summed E-state index contributed by atoms with van der Waals surface area (Å²) in [6.45, 7) is 3.15. The van der Waals surface area contributed by atoms with Gasteiger partial charge in [-0.3, -0.25) is 9.69 Å². The van der Waals surface area contributed by atoms with Crippen LogP contribution in [0.25, 0.3) is 23.0 Å². The number of para-hydroxylation sites is 1. The number of unbranched alkanes of at least 4 members (excludes halogenated alkanes) is 3. The number of thiocarbonyl (C=S) groups is 1. The standard InChI is InChI=1S/C32H29Cl2N3O2S2/c1-2-3-4-8-17-36-31(38)29(41-32(36)40)18-24-20-37(26-9-6-5-7-10-26)35-30(24)22-12-15-27(16-13-22)39-21-23-11-14-25(33)19-28(23)34/h5-7,9-16,18-20H,2-4,8,17,21H2,1H3/b29-18-. The van der Waals surface area contributed by atoms with Crippen LogP contribution >= 0.6 is 47.2 Å². The van der Waals surface area contributed by atoms with Crippen molar-refractivity contribution in [2.24, 2.45) is 0 Å². The number of carbonyl (C=O) groups excluding carboxylic acids is 1. The first kappa shape index (κ1) is 29.4. The molecule has 1 aromatic heterocycles. The van der Waals surface area contributed by atoms with Crippen LogP contribution in [0.1, 0.15) is 43.7 Å². The van der Waals surface area contributed by atoms with E-state index in [1.165, 1.54) is 11.8 Å². The monoisotopic (exact) mass is 621 g/mol. The first-order valence-corrected chi connectivity index (χ1v) is 15.5. The number of ether oxygens (including phenoxy) is 1. The molecule has 5 nitrogen and oxygen atoms in total. The summed E-state index contributed by atoms with van der Waals surface area (Å²) in [6, 6.07) is 23.0. The van der Waals surface area contributed by atoms with Crippen molar-refractivity contribution in [2.45, 2.75) is 39.2 Å². The van der Waals surface area contributed by atoms with Crippen molar-refractivity contribution < 1.29 is 9.53 Å². The van der Waals surface area contributed by atoms with Crippen molar-refractivity contribution in [2.75, 3.05) is 6.54 Å². The molecule has 0 unspecified atom stereocenters. The molecule has 2 heterocycles. The third-order valence-corrected chi connectivity index (χ3v) is 8.66. The number of hydrogen-bond donors (Lipinski definition) is 0. The lowest BCUT2D eigenvalue weighted by molar-refractivity contribution is -0.122. The van der Waals surface area contributed by atoms with Crippen LogP contribution in [0.2, 0.25) is 10.0 Å². The molecule has 3 aromatic carbocycles. The van der Waals surface area contributed by atoms with E-state index in [1.807, 2.05) is 77.6 Å². The number of nitrogens with zero attached hydrogens (tertiary/aromatic N) is 3. The highest BCUT2D eigenvalue weighted by Gasteiger charge is 2.32.